The number of benzene rings is 2. The number of sulfonamides is 1. The summed E-state index contributed by atoms with van der Waals surface area (Å²) in [7, 11) is -2.15. The van der Waals surface area contributed by atoms with Gasteiger partial charge in [0, 0.05) is 50.7 Å². The molecular weight excluding hydrogens is 506 g/mol. The van der Waals surface area contributed by atoms with E-state index < -0.39 is 15.9 Å². The highest BCUT2D eigenvalue weighted by Gasteiger charge is 2.27. The number of nitriles is 1. The molecule has 3 aromatic rings. The zero-order valence-corrected chi connectivity index (χ0v) is 21.9. The van der Waals surface area contributed by atoms with Crippen molar-refractivity contribution in [1.82, 2.24) is 19.4 Å². The summed E-state index contributed by atoms with van der Waals surface area (Å²) in [6, 6.07) is 17.9. The summed E-state index contributed by atoms with van der Waals surface area (Å²) in [6.07, 6.45) is 3.79. The van der Waals surface area contributed by atoms with Crippen molar-refractivity contribution in [1.29, 1.82) is 5.26 Å². The second-order valence-corrected chi connectivity index (χ2v) is 10.5. The van der Waals surface area contributed by atoms with Crippen LogP contribution in [0.3, 0.4) is 0 Å². The third-order valence-electron chi connectivity index (χ3n) is 5.95. The Labute approximate surface area is 222 Å². The second-order valence-electron chi connectivity index (χ2n) is 8.53. The summed E-state index contributed by atoms with van der Waals surface area (Å²) in [5.41, 5.74) is 2.16. The molecule has 0 unspecified atom stereocenters. The number of para-hydroxylation sites is 1. The van der Waals surface area contributed by atoms with E-state index in [0.29, 0.717) is 49.6 Å². The van der Waals surface area contributed by atoms with Crippen LogP contribution in [0.2, 0.25) is 0 Å². The molecule has 1 fully saturated rings. The number of carbonyl (C=O) groups is 1. The molecular formula is C27H29N5O5S. The molecule has 1 aliphatic rings. The van der Waals surface area contributed by atoms with Crippen molar-refractivity contribution in [2.45, 2.75) is 11.3 Å². The van der Waals surface area contributed by atoms with Crippen molar-refractivity contribution in [3.8, 4) is 23.0 Å². The largest absolute Gasteiger partial charge is 0.385 e. The molecule has 4 rings (SSSR count). The van der Waals surface area contributed by atoms with Crippen LogP contribution in [0, 0.1) is 11.3 Å². The molecule has 0 atom stereocenters. The van der Waals surface area contributed by atoms with Crippen LogP contribution >= 0.6 is 0 Å². The zero-order chi connectivity index (χ0) is 27.0. The van der Waals surface area contributed by atoms with E-state index in [4.69, 9.17) is 14.6 Å². The molecule has 1 aromatic heterocycles. The quantitative estimate of drug-likeness (QED) is 0.240. The zero-order valence-electron chi connectivity index (χ0n) is 21.0. The Bertz CT molecular complexity index is 1440. The summed E-state index contributed by atoms with van der Waals surface area (Å²) < 4.78 is 39.9. The number of aromatic nitrogens is 2. The van der Waals surface area contributed by atoms with Gasteiger partial charge in [0.1, 0.15) is 17.3 Å². The van der Waals surface area contributed by atoms with E-state index in [-0.39, 0.29) is 23.6 Å². The lowest BCUT2D eigenvalue weighted by molar-refractivity contribution is -0.117. The fraction of sp³-hybridized carbons (Fsp3) is 0.296. The van der Waals surface area contributed by atoms with E-state index in [2.05, 4.69) is 5.32 Å². The van der Waals surface area contributed by atoms with Gasteiger partial charge in [0.05, 0.1) is 23.8 Å². The smallest absolute Gasteiger partial charge is 0.261 e. The summed E-state index contributed by atoms with van der Waals surface area (Å²) >= 11 is 0. The molecule has 0 bridgehead atoms. The van der Waals surface area contributed by atoms with Gasteiger partial charge in [-0.05, 0) is 36.8 Å². The Morgan fingerprint density at radius 1 is 1.18 bits per heavy atom. The first kappa shape index (κ1) is 27.2. The maximum atomic E-state index is 13.3. The van der Waals surface area contributed by atoms with Gasteiger partial charge in [0.2, 0.25) is 10.0 Å². The van der Waals surface area contributed by atoms with Crippen molar-refractivity contribution in [3.05, 3.63) is 71.9 Å². The molecule has 0 saturated carbocycles. The predicted octanol–water partition coefficient (Wildman–Crippen LogP) is 2.62. The third kappa shape index (κ3) is 6.35. The number of morpholine rings is 1. The number of carbonyl (C=O) groups excluding carboxylic acids is 1. The lowest BCUT2D eigenvalue weighted by atomic mass is 10.1. The van der Waals surface area contributed by atoms with Gasteiger partial charge in [-0.25, -0.2) is 13.1 Å². The number of rotatable bonds is 10. The van der Waals surface area contributed by atoms with E-state index in [1.165, 1.54) is 10.4 Å². The predicted molar refractivity (Wildman–Crippen MR) is 142 cm³/mol. The third-order valence-corrected chi connectivity index (χ3v) is 7.85. The fourth-order valence-corrected chi connectivity index (χ4v) is 5.44. The maximum Gasteiger partial charge on any atom is 0.261 e. The van der Waals surface area contributed by atoms with E-state index in [0.717, 1.165) is 5.69 Å². The number of methoxy groups -OCH3 is 1. The Morgan fingerprint density at radius 3 is 2.66 bits per heavy atom. The molecule has 10 nitrogen and oxygen atoms in total. The first-order valence-electron chi connectivity index (χ1n) is 12.2. The molecule has 11 heteroatoms. The Balaban J connectivity index is 1.74. The van der Waals surface area contributed by atoms with Gasteiger partial charge in [-0.15, -0.1) is 0 Å². The van der Waals surface area contributed by atoms with E-state index in [1.54, 1.807) is 42.3 Å². The van der Waals surface area contributed by atoms with Crippen LogP contribution in [-0.4, -0.2) is 75.0 Å². The fourth-order valence-electron chi connectivity index (χ4n) is 3.99. The van der Waals surface area contributed by atoms with Gasteiger partial charge in [0.15, 0.2) is 0 Å². The topological polar surface area (TPSA) is 127 Å². The van der Waals surface area contributed by atoms with Crippen LogP contribution in [-0.2, 0) is 24.3 Å². The van der Waals surface area contributed by atoms with E-state index >= 15 is 0 Å². The number of hydrogen-bond acceptors (Lipinski definition) is 7. The number of hydrogen-bond donors (Lipinski definition) is 1. The number of ether oxygens (including phenoxy) is 2. The lowest BCUT2D eigenvalue weighted by Gasteiger charge is -2.26. The lowest BCUT2D eigenvalue weighted by Crippen LogP contribution is -2.40. The number of amides is 1. The minimum Gasteiger partial charge on any atom is -0.385 e. The normalized spacial score (nSPS) is 14.7. The summed E-state index contributed by atoms with van der Waals surface area (Å²) in [6.45, 7) is 2.12. The van der Waals surface area contributed by atoms with Crippen molar-refractivity contribution in [2.75, 3.05) is 46.6 Å². The van der Waals surface area contributed by atoms with Crippen LogP contribution in [0.25, 0.3) is 23.0 Å². The van der Waals surface area contributed by atoms with Gasteiger partial charge in [-0.3, -0.25) is 4.79 Å². The highest BCUT2D eigenvalue weighted by atomic mass is 32.2. The Kier molecular flexibility index (Phi) is 9.04. The average Bonchev–Trinajstić information content (AvgIpc) is 3.39. The summed E-state index contributed by atoms with van der Waals surface area (Å²) in [4.78, 5) is 12.8. The van der Waals surface area contributed by atoms with Crippen molar-refractivity contribution >= 4 is 22.0 Å². The van der Waals surface area contributed by atoms with Crippen LogP contribution in [0.15, 0.2) is 71.3 Å². The van der Waals surface area contributed by atoms with Crippen molar-refractivity contribution in [3.63, 3.8) is 0 Å². The number of nitrogens with zero attached hydrogens (tertiary/aromatic N) is 4. The molecule has 2 heterocycles. The minimum atomic E-state index is -3.73. The molecule has 1 aliphatic heterocycles. The molecule has 1 saturated heterocycles. The Hall–Kier alpha value is -3.82. The van der Waals surface area contributed by atoms with Gasteiger partial charge in [-0.1, -0.05) is 30.3 Å². The average molecular weight is 536 g/mol. The van der Waals surface area contributed by atoms with Crippen molar-refractivity contribution < 1.29 is 22.7 Å². The molecule has 198 valence electrons. The molecule has 2 aromatic carbocycles. The molecule has 0 aliphatic carbocycles. The first-order chi connectivity index (χ1) is 18.4. The van der Waals surface area contributed by atoms with Gasteiger partial charge < -0.3 is 14.8 Å². The highest BCUT2D eigenvalue weighted by molar-refractivity contribution is 7.89. The number of nitrogens with one attached hydrogen (secondary N) is 1. The SMILES string of the molecule is COCCCNC(=O)C(C#N)=Cc1cn(-c2ccccc2)nc1-c1cccc(S(=O)(=O)N2CCOCC2)c1. The molecule has 1 N–H and O–H groups in total. The molecule has 0 spiro atoms. The second kappa shape index (κ2) is 12.6. The summed E-state index contributed by atoms with van der Waals surface area (Å²) in [5.74, 6) is -0.509. The molecule has 38 heavy (non-hydrogen) atoms. The maximum absolute atomic E-state index is 13.3. The van der Waals surface area contributed by atoms with Gasteiger partial charge >= 0.3 is 0 Å². The van der Waals surface area contributed by atoms with E-state index in [9.17, 15) is 18.5 Å². The first-order valence-corrected chi connectivity index (χ1v) is 13.6. The minimum absolute atomic E-state index is 0.0895. The van der Waals surface area contributed by atoms with Crippen LogP contribution in [0.5, 0.6) is 0 Å². The van der Waals surface area contributed by atoms with Crippen LogP contribution in [0.1, 0.15) is 12.0 Å². The van der Waals surface area contributed by atoms with E-state index in [1.807, 2.05) is 36.4 Å². The van der Waals surface area contributed by atoms with Gasteiger partial charge in [-0.2, -0.15) is 14.7 Å². The van der Waals surface area contributed by atoms with Crippen LogP contribution < -0.4 is 5.32 Å². The highest BCUT2D eigenvalue weighted by Crippen LogP contribution is 2.29. The summed E-state index contributed by atoms with van der Waals surface area (Å²) in [5, 5.41) is 17.1. The Morgan fingerprint density at radius 2 is 1.95 bits per heavy atom. The molecule has 0 radical (unpaired) electrons. The van der Waals surface area contributed by atoms with Gasteiger partial charge in [0.25, 0.3) is 5.91 Å². The van der Waals surface area contributed by atoms with Crippen molar-refractivity contribution in [2.24, 2.45) is 0 Å². The van der Waals surface area contributed by atoms with Crippen LogP contribution in [0.4, 0.5) is 0 Å². The standard InChI is InChI=1S/C27H29N5O5S/c1-36-14-6-11-29-27(33)22(19-28)17-23-20-32(24-8-3-2-4-9-24)30-26(23)21-7-5-10-25(18-21)38(34,35)31-12-15-37-16-13-31/h2-5,7-10,17-18,20H,6,11-16H2,1H3,(H,29,33). The monoisotopic (exact) mass is 535 g/mol. The molecule has 1 amide bonds.